The van der Waals surface area contributed by atoms with E-state index in [0.717, 1.165) is 22.5 Å². The molecule has 0 saturated heterocycles. The SMILES string of the molecule is Cc1cc2c(N(C)C(C)CCN)ncnc2s1. The number of anilines is 1. The Morgan fingerprint density at radius 2 is 2.24 bits per heavy atom. The van der Waals surface area contributed by atoms with Crippen LogP contribution in [0.3, 0.4) is 0 Å². The van der Waals surface area contributed by atoms with Gasteiger partial charge in [0.1, 0.15) is 17.0 Å². The quantitative estimate of drug-likeness (QED) is 0.903. The minimum Gasteiger partial charge on any atom is -0.356 e. The highest BCUT2D eigenvalue weighted by atomic mass is 32.1. The van der Waals surface area contributed by atoms with Crippen molar-refractivity contribution < 1.29 is 0 Å². The summed E-state index contributed by atoms with van der Waals surface area (Å²) in [5.74, 6) is 1.00. The van der Waals surface area contributed by atoms with Gasteiger partial charge < -0.3 is 10.6 Å². The summed E-state index contributed by atoms with van der Waals surface area (Å²) in [5, 5.41) is 1.14. The first-order chi connectivity index (χ1) is 8.13. The number of rotatable bonds is 4. The fraction of sp³-hybridized carbons (Fsp3) is 0.500. The third-order valence-electron chi connectivity index (χ3n) is 3.01. The maximum atomic E-state index is 5.60. The van der Waals surface area contributed by atoms with Crippen molar-refractivity contribution in [1.29, 1.82) is 0 Å². The predicted octanol–water partition coefficient (Wildman–Crippen LogP) is 2.17. The van der Waals surface area contributed by atoms with Crippen molar-refractivity contribution in [2.24, 2.45) is 5.73 Å². The molecule has 0 aromatic carbocycles. The largest absolute Gasteiger partial charge is 0.356 e. The van der Waals surface area contributed by atoms with Crippen molar-refractivity contribution in [3.63, 3.8) is 0 Å². The lowest BCUT2D eigenvalue weighted by molar-refractivity contribution is 0.631. The molecule has 2 aromatic rings. The zero-order valence-electron chi connectivity index (χ0n) is 10.5. The van der Waals surface area contributed by atoms with Crippen molar-refractivity contribution in [2.75, 3.05) is 18.5 Å². The van der Waals surface area contributed by atoms with Gasteiger partial charge in [0.25, 0.3) is 0 Å². The Balaban J connectivity index is 2.40. The van der Waals surface area contributed by atoms with Crippen LogP contribution in [0.15, 0.2) is 12.4 Å². The minimum absolute atomic E-state index is 0.387. The second kappa shape index (κ2) is 4.98. The molecule has 0 spiro atoms. The molecule has 92 valence electrons. The van der Waals surface area contributed by atoms with Gasteiger partial charge in [-0.1, -0.05) is 0 Å². The van der Waals surface area contributed by atoms with Gasteiger partial charge in [0.15, 0.2) is 0 Å². The Labute approximate surface area is 105 Å². The molecule has 0 saturated carbocycles. The van der Waals surface area contributed by atoms with Crippen LogP contribution >= 0.6 is 11.3 Å². The summed E-state index contributed by atoms with van der Waals surface area (Å²) < 4.78 is 0. The van der Waals surface area contributed by atoms with Crippen LogP contribution in [0.4, 0.5) is 5.82 Å². The highest BCUT2D eigenvalue weighted by Crippen LogP contribution is 2.30. The Morgan fingerprint density at radius 1 is 1.47 bits per heavy atom. The number of nitrogens with two attached hydrogens (primary N) is 1. The third kappa shape index (κ3) is 2.40. The Morgan fingerprint density at radius 3 is 2.94 bits per heavy atom. The molecular weight excluding hydrogens is 232 g/mol. The molecule has 2 heterocycles. The van der Waals surface area contributed by atoms with Gasteiger partial charge in [0, 0.05) is 18.0 Å². The van der Waals surface area contributed by atoms with E-state index in [2.05, 4.69) is 41.8 Å². The molecular formula is C12H18N4S. The van der Waals surface area contributed by atoms with E-state index in [1.807, 2.05) is 0 Å². The van der Waals surface area contributed by atoms with E-state index in [-0.39, 0.29) is 0 Å². The van der Waals surface area contributed by atoms with Crippen molar-refractivity contribution in [1.82, 2.24) is 9.97 Å². The number of aryl methyl sites for hydroxylation is 1. The number of thiophene rings is 1. The van der Waals surface area contributed by atoms with Gasteiger partial charge in [-0.05, 0) is 32.9 Å². The average molecular weight is 250 g/mol. The van der Waals surface area contributed by atoms with Crippen LogP contribution in [0.2, 0.25) is 0 Å². The Hall–Kier alpha value is -1.20. The predicted molar refractivity (Wildman–Crippen MR) is 73.7 cm³/mol. The van der Waals surface area contributed by atoms with Gasteiger partial charge in [0.2, 0.25) is 0 Å². The Kier molecular flexibility index (Phi) is 3.59. The van der Waals surface area contributed by atoms with Gasteiger partial charge in [-0.3, -0.25) is 0 Å². The smallest absolute Gasteiger partial charge is 0.140 e. The van der Waals surface area contributed by atoms with Crippen LogP contribution in [0, 0.1) is 6.92 Å². The Bertz CT molecular complexity index is 508. The van der Waals surface area contributed by atoms with Crippen molar-refractivity contribution in [2.45, 2.75) is 26.3 Å². The molecule has 2 aromatic heterocycles. The van der Waals surface area contributed by atoms with Crippen LogP contribution in [0.5, 0.6) is 0 Å². The zero-order chi connectivity index (χ0) is 12.4. The summed E-state index contributed by atoms with van der Waals surface area (Å²) in [6.45, 7) is 4.96. The van der Waals surface area contributed by atoms with Crippen LogP contribution in [-0.2, 0) is 0 Å². The molecule has 0 amide bonds. The summed E-state index contributed by atoms with van der Waals surface area (Å²) >= 11 is 1.71. The topological polar surface area (TPSA) is 55.0 Å². The minimum atomic E-state index is 0.387. The summed E-state index contributed by atoms with van der Waals surface area (Å²) in [6.07, 6.45) is 2.60. The van der Waals surface area contributed by atoms with Gasteiger partial charge in [-0.25, -0.2) is 9.97 Å². The molecule has 1 atom stereocenters. The first kappa shape index (κ1) is 12.3. The summed E-state index contributed by atoms with van der Waals surface area (Å²) in [4.78, 5) is 13.2. The fourth-order valence-electron chi connectivity index (χ4n) is 1.89. The van der Waals surface area contributed by atoms with E-state index < -0.39 is 0 Å². The van der Waals surface area contributed by atoms with E-state index in [1.165, 1.54) is 4.88 Å². The van der Waals surface area contributed by atoms with Crippen molar-refractivity contribution >= 4 is 27.4 Å². The molecule has 1 unspecified atom stereocenters. The third-order valence-corrected chi connectivity index (χ3v) is 3.97. The summed E-state index contributed by atoms with van der Waals surface area (Å²) in [7, 11) is 2.06. The average Bonchev–Trinajstić information content (AvgIpc) is 2.68. The molecule has 0 aliphatic heterocycles. The molecule has 0 bridgehead atoms. The highest BCUT2D eigenvalue weighted by molar-refractivity contribution is 7.18. The lowest BCUT2D eigenvalue weighted by Gasteiger charge is -2.25. The van der Waals surface area contributed by atoms with E-state index in [4.69, 9.17) is 5.73 Å². The zero-order valence-corrected chi connectivity index (χ0v) is 11.3. The maximum Gasteiger partial charge on any atom is 0.140 e. The van der Waals surface area contributed by atoms with Crippen molar-refractivity contribution in [3.8, 4) is 0 Å². The molecule has 2 rings (SSSR count). The normalized spacial score (nSPS) is 12.9. The lowest BCUT2D eigenvalue weighted by Crippen LogP contribution is -2.31. The number of nitrogens with zero attached hydrogens (tertiary/aromatic N) is 3. The van der Waals surface area contributed by atoms with Crippen LogP contribution in [0.1, 0.15) is 18.2 Å². The molecule has 0 fully saturated rings. The monoisotopic (exact) mass is 250 g/mol. The van der Waals surface area contributed by atoms with Gasteiger partial charge >= 0.3 is 0 Å². The van der Waals surface area contributed by atoms with Gasteiger partial charge in [-0.2, -0.15) is 0 Å². The van der Waals surface area contributed by atoms with Crippen molar-refractivity contribution in [3.05, 3.63) is 17.3 Å². The van der Waals surface area contributed by atoms with E-state index in [0.29, 0.717) is 12.6 Å². The fourth-order valence-corrected chi connectivity index (χ4v) is 2.73. The van der Waals surface area contributed by atoms with E-state index >= 15 is 0 Å². The van der Waals surface area contributed by atoms with Gasteiger partial charge in [0.05, 0.1) is 5.39 Å². The molecule has 0 aliphatic carbocycles. The first-order valence-corrected chi connectivity index (χ1v) is 6.59. The number of hydrogen-bond acceptors (Lipinski definition) is 5. The number of fused-ring (bicyclic) bond motifs is 1. The molecule has 2 N–H and O–H groups in total. The second-order valence-electron chi connectivity index (χ2n) is 4.31. The highest BCUT2D eigenvalue weighted by Gasteiger charge is 2.15. The summed E-state index contributed by atoms with van der Waals surface area (Å²) in [6, 6.07) is 2.54. The second-order valence-corrected chi connectivity index (χ2v) is 5.55. The number of hydrogen-bond donors (Lipinski definition) is 1. The first-order valence-electron chi connectivity index (χ1n) is 5.77. The maximum absolute atomic E-state index is 5.60. The van der Waals surface area contributed by atoms with E-state index in [9.17, 15) is 0 Å². The summed E-state index contributed by atoms with van der Waals surface area (Å²) in [5.41, 5.74) is 5.60. The van der Waals surface area contributed by atoms with E-state index in [1.54, 1.807) is 17.7 Å². The molecule has 0 aliphatic rings. The number of aromatic nitrogens is 2. The molecule has 5 heteroatoms. The van der Waals surface area contributed by atoms with Crippen LogP contribution < -0.4 is 10.6 Å². The molecule has 17 heavy (non-hydrogen) atoms. The van der Waals surface area contributed by atoms with Crippen LogP contribution in [0.25, 0.3) is 10.2 Å². The van der Waals surface area contributed by atoms with Crippen LogP contribution in [-0.4, -0.2) is 29.6 Å². The lowest BCUT2D eigenvalue weighted by atomic mass is 10.2. The standard InChI is InChI=1S/C12H18N4S/c1-8(4-5-13)16(3)11-10-6-9(2)17-12(10)15-7-14-11/h6-8H,4-5,13H2,1-3H3. The molecule has 0 radical (unpaired) electrons. The van der Waals surface area contributed by atoms with Gasteiger partial charge in [-0.15, -0.1) is 11.3 Å². The molecule has 4 nitrogen and oxygen atoms in total.